The van der Waals surface area contributed by atoms with Crippen molar-refractivity contribution in [1.29, 1.82) is 0 Å². The average Bonchev–Trinajstić information content (AvgIpc) is 2.24. The van der Waals surface area contributed by atoms with Gasteiger partial charge in [-0.1, -0.05) is 30.3 Å². The molecule has 5 heteroatoms. The summed E-state index contributed by atoms with van der Waals surface area (Å²) in [6.07, 6.45) is 0. The van der Waals surface area contributed by atoms with Crippen LogP contribution < -0.4 is 0 Å². The first-order valence-corrected chi connectivity index (χ1v) is 5.45. The van der Waals surface area contributed by atoms with Crippen molar-refractivity contribution in [2.45, 2.75) is 32.4 Å². The molecule has 0 saturated carbocycles. The molecule has 0 aliphatic heterocycles. The highest BCUT2D eigenvalue weighted by Gasteiger charge is 2.26. The molecule has 0 fully saturated rings. The highest BCUT2D eigenvalue weighted by atomic mass is 16.6. The zero-order valence-corrected chi connectivity index (χ0v) is 10.3. The molecule has 0 aromatic heterocycles. The molecule has 5 nitrogen and oxygen atoms in total. The standard InChI is InChI=1S/C12H17N2O3/c1-12(2,3)14(17)11(9-13(15)16)10-7-5-4-6-8-10/h4-8,11H,9H2,1-3H3/q-1. The number of nitro groups is 1. The van der Waals surface area contributed by atoms with Crippen LogP contribution in [-0.2, 0) is 0 Å². The first kappa shape index (κ1) is 13.6. The second-order valence-corrected chi connectivity index (χ2v) is 4.94. The fourth-order valence-electron chi connectivity index (χ4n) is 1.60. The molecule has 0 bridgehead atoms. The topological polar surface area (TPSA) is 69.4 Å². The van der Waals surface area contributed by atoms with Crippen LogP contribution in [0.5, 0.6) is 0 Å². The van der Waals surface area contributed by atoms with Crippen molar-refractivity contribution >= 4 is 0 Å². The summed E-state index contributed by atoms with van der Waals surface area (Å²) in [6.45, 7) is 4.85. The molecule has 1 rings (SSSR count). The van der Waals surface area contributed by atoms with Gasteiger partial charge >= 0.3 is 0 Å². The lowest BCUT2D eigenvalue weighted by Gasteiger charge is -2.45. The van der Waals surface area contributed by atoms with Gasteiger partial charge in [-0.15, -0.1) is 0 Å². The van der Waals surface area contributed by atoms with E-state index in [1.807, 2.05) is 6.07 Å². The van der Waals surface area contributed by atoms with Crippen molar-refractivity contribution in [3.05, 3.63) is 51.2 Å². The summed E-state index contributed by atoms with van der Waals surface area (Å²) >= 11 is 0. The van der Waals surface area contributed by atoms with Gasteiger partial charge in [0.15, 0.2) is 0 Å². The summed E-state index contributed by atoms with van der Waals surface area (Å²) in [4.78, 5) is 10.2. The van der Waals surface area contributed by atoms with Crippen LogP contribution in [0.1, 0.15) is 32.4 Å². The van der Waals surface area contributed by atoms with E-state index in [0.29, 0.717) is 5.56 Å². The van der Waals surface area contributed by atoms with Gasteiger partial charge in [-0.3, -0.25) is 10.1 Å². The van der Waals surface area contributed by atoms with Gasteiger partial charge in [0.2, 0.25) is 6.54 Å². The second kappa shape index (κ2) is 5.25. The lowest BCUT2D eigenvalue weighted by molar-refractivity contribution is -0.488. The van der Waals surface area contributed by atoms with Crippen LogP contribution in [0.4, 0.5) is 0 Å². The lowest BCUT2D eigenvalue weighted by atomic mass is 10.0. The third kappa shape index (κ3) is 3.80. The van der Waals surface area contributed by atoms with Crippen LogP contribution in [-0.4, -0.2) is 22.1 Å². The SMILES string of the molecule is CC(C)(C)N([O-])C(C[N+](=O)[O-])c1ccccc1. The Morgan fingerprint density at radius 2 is 1.82 bits per heavy atom. The number of rotatable bonds is 4. The highest BCUT2D eigenvalue weighted by Crippen LogP contribution is 2.27. The summed E-state index contributed by atoms with van der Waals surface area (Å²) in [5.41, 5.74) is 0.0189. The van der Waals surface area contributed by atoms with Gasteiger partial charge in [-0.25, -0.2) is 0 Å². The van der Waals surface area contributed by atoms with Gasteiger partial charge in [0.1, 0.15) is 0 Å². The van der Waals surface area contributed by atoms with Crippen LogP contribution in [0.2, 0.25) is 0 Å². The van der Waals surface area contributed by atoms with Gasteiger partial charge in [0.05, 0.1) is 6.04 Å². The van der Waals surface area contributed by atoms with Crippen molar-refractivity contribution in [1.82, 2.24) is 5.06 Å². The van der Waals surface area contributed by atoms with Gasteiger partial charge in [0.25, 0.3) is 0 Å². The van der Waals surface area contributed by atoms with E-state index in [0.717, 1.165) is 5.06 Å². The summed E-state index contributed by atoms with van der Waals surface area (Å²) in [5.74, 6) is 0. The van der Waals surface area contributed by atoms with Gasteiger partial charge in [-0.2, -0.15) is 0 Å². The molecule has 1 unspecified atom stereocenters. The molecule has 94 valence electrons. The molecule has 0 heterocycles. The number of hydrogen-bond acceptors (Lipinski definition) is 4. The van der Waals surface area contributed by atoms with Crippen molar-refractivity contribution in [3.63, 3.8) is 0 Å². The minimum atomic E-state index is -0.744. The molecule has 0 amide bonds. The number of nitrogens with zero attached hydrogens (tertiary/aromatic N) is 2. The molecular weight excluding hydrogens is 220 g/mol. The van der Waals surface area contributed by atoms with Crippen molar-refractivity contribution in [2.24, 2.45) is 0 Å². The number of hydroxylamine groups is 2. The minimum absolute atomic E-state index is 0.384. The number of benzene rings is 1. The van der Waals surface area contributed by atoms with E-state index >= 15 is 0 Å². The molecule has 17 heavy (non-hydrogen) atoms. The van der Waals surface area contributed by atoms with E-state index in [4.69, 9.17) is 0 Å². The fourth-order valence-corrected chi connectivity index (χ4v) is 1.60. The van der Waals surface area contributed by atoms with Crippen LogP contribution in [0, 0.1) is 15.3 Å². The Kier molecular flexibility index (Phi) is 4.20. The summed E-state index contributed by atoms with van der Waals surface area (Å²) in [5, 5.41) is 23.6. The Morgan fingerprint density at radius 3 is 2.24 bits per heavy atom. The van der Waals surface area contributed by atoms with Gasteiger partial charge in [-0.05, 0) is 26.3 Å². The highest BCUT2D eigenvalue weighted by molar-refractivity contribution is 5.19. The Labute approximate surface area is 101 Å². The molecule has 1 aromatic rings. The van der Waals surface area contributed by atoms with Crippen molar-refractivity contribution < 1.29 is 4.92 Å². The van der Waals surface area contributed by atoms with Crippen LogP contribution in [0.15, 0.2) is 30.3 Å². The molecule has 1 atom stereocenters. The molecule has 0 radical (unpaired) electrons. The van der Waals surface area contributed by atoms with E-state index in [2.05, 4.69) is 0 Å². The molecular formula is C12H17N2O3-. The maximum atomic E-state index is 12.1. The predicted molar refractivity (Wildman–Crippen MR) is 66.0 cm³/mol. The van der Waals surface area contributed by atoms with Gasteiger partial charge < -0.3 is 10.3 Å². The molecule has 0 aliphatic rings. The first-order chi connectivity index (χ1) is 7.82. The predicted octanol–water partition coefficient (Wildman–Crippen LogP) is 2.60. The maximum absolute atomic E-state index is 12.1. The van der Waals surface area contributed by atoms with Crippen LogP contribution in [0.3, 0.4) is 0 Å². The molecule has 0 aliphatic carbocycles. The molecule has 0 saturated heterocycles. The average molecular weight is 237 g/mol. The summed E-state index contributed by atoms with van der Waals surface area (Å²) in [7, 11) is 0. The van der Waals surface area contributed by atoms with E-state index < -0.39 is 16.5 Å². The fraction of sp³-hybridized carbons (Fsp3) is 0.500. The third-order valence-electron chi connectivity index (χ3n) is 2.45. The Bertz CT molecular complexity index is 373. The second-order valence-electron chi connectivity index (χ2n) is 4.94. The Morgan fingerprint density at radius 1 is 1.29 bits per heavy atom. The molecule has 0 N–H and O–H groups in total. The van der Waals surface area contributed by atoms with Crippen LogP contribution >= 0.6 is 0 Å². The lowest BCUT2D eigenvalue weighted by Crippen LogP contribution is -2.42. The largest absolute Gasteiger partial charge is 0.784 e. The Hall–Kier alpha value is -1.46. The zero-order chi connectivity index (χ0) is 13.1. The third-order valence-corrected chi connectivity index (χ3v) is 2.45. The Balaban J connectivity index is 3.00. The van der Waals surface area contributed by atoms with Crippen LogP contribution in [0.25, 0.3) is 0 Å². The quantitative estimate of drug-likeness (QED) is 0.596. The van der Waals surface area contributed by atoms with Gasteiger partial charge in [0, 0.05) is 10.5 Å². The monoisotopic (exact) mass is 237 g/mol. The number of hydrogen-bond donors (Lipinski definition) is 0. The molecule has 0 spiro atoms. The van der Waals surface area contributed by atoms with E-state index in [1.54, 1.807) is 45.0 Å². The first-order valence-electron chi connectivity index (χ1n) is 5.45. The normalized spacial score (nSPS) is 13.7. The molecule has 1 aromatic carbocycles. The van der Waals surface area contributed by atoms with E-state index in [9.17, 15) is 15.3 Å². The zero-order valence-electron chi connectivity index (χ0n) is 10.3. The maximum Gasteiger partial charge on any atom is 0.222 e. The van der Waals surface area contributed by atoms with Crippen molar-refractivity contribution in [2.75, 3.05) is 6.54 Å². The van der Waals surface area contributed by atoms with E-state index in [1.165, 1.54) is 0 Å². The summed E-state index contributed by atoms with van der Waals surface area (Å²) < 4.78 is 0. The smallest absolute Gasteiger partial charge is 0.222 e. The minimum Gasteiger partial charge on any atom is -0.784 e. The van der Waals surface area contributed by atoms with E-state index in [-0.39, 0.29) is 6.54 Å². The van der Waals surface area contributed by atoms with Crippen molar-refractivity contribution in [3.8, 4) is 0 Å². The summed E-state index contributed by atoms with van der Waals surface area (Å²) in [6, 6.07) is 8.11.